The number of urea groups is 1. The fourth-order valence-corrected chi connectivity index (χ4v) is 1.62. The predicted molar refractivity (Wildman–Crippen MR) is 76.7 cm³/mol. The second kappa shape index (κ2) is 5.91. The van der Waals surface area contributed by atoms with Gasteiger partial charge in [-0.05, 0) is 24.3 Å². The molecular weight excluding hydrogens is 274 g/mol. The Morgan fingerprint density at radius 3 is 2.57 bits per heavy atom. The topological polar surface area (TPSA) is 103 Å². The molecule has 1 aromatic carbocycles. The van der Waals surface area contributed by atoms with Crippen molar-refractivity contribution in [3.8, 4) is 5.75 Å². The minimum absolute atomic E-state index is 0.0552. The van der Waals surface area contributed by atoms with Crippen LogP contribution in [0.25, 0.3) is 0 Å². The number of hydrogen-bond acceptors (Lipinski definition) is 4. The molecule has 2 amide bonds. The van der Waals surface area contributed by atoms with E-state index in [1.165, 1.54) is 35.4 Å². The van der Waals surface area contributed by atoms with Crippen LogP contribution in [0.3, 0.4) is 0 Å². The number of phenolic OH excluding ortho intramolecular Hbond substituents is 1. The van der Waals surface area contributed by atoms with Gasteiger partial charge in [0.05, 0.1) is 11.9 Å². The summed E-state index contributed by atoms with van der Waals surface area (Å²) in [6.45, 7) is 0. The molecule has 0 saturated heterocycles. The minimum Gasteiger partial charge on any atom is -0.508 e. The molecular formula is C14H13N3O4. The van der Waals surface area contributed by atoms with Crippen LogP contribution in [0.1, 0.15) is 10.5 Å². The maximum absolute atomic E-state index is 12.0. The lowest BCUT2D eigenvalue weighted by atomic mass is 10.3. The van der Waals surface area contributed by atoms with Crippen LogP contribution in [0.5, 0.6) is 5.75 Å². The van der Waals surface area contributed by atoms with Gasteiger partial charge in [0.2, 0.25) is 0 Å². The second-order valence-electron chi connectivity index (χ2n) is 4.25. The molecule has 7 nitrogen and oxygen atoms in total. The minimum atomic E-state index is -1.13. The highest BCUT2D eigenvalue weighted by Crippen LogP contribution is 2.19. The molecule has 7 heteroatoms. The van der Waals surface area contributed by atoms with Crippen LogP contribution in [0.2, 0.25) is 0 Å². The number of nitrogens with zero attached hydrogens (tertiary/aromatic N) is 2. The first-order valence-corrected chi connectivity index (χ1v) is 6.00. The van der Waals surface area contributed by atoms with Gasteiger partial charge >= 0.3 is 12.0 Å². The van der Waals surface area contributed by atoms with E-state index in [9.17, 15) is 14.7 Å². The molecule has 0 saturated carbocycles. The van der Waals surface area contributed by atoms with E-state index in [-0.39, 0.29) is 11.4 Å². The second-order valence-corrected chi connectivity index (χ2v) is 4.25. The highest BCUT2D eigenvalue weighted by molar-refractivity contribution is 6.01. The number of hydrogen-bond donors (Lipinski definition) is 3. The monoisotopic (exact) mass is 287 g/mol. The van der Waals surface area contributed by atoms with Crippen molar-refractivity contribution in [2.75, 3.05) is 17.3 Å². The van der Waals surface area contributed by atoms with E-state index in [2.05, 4.69) is 10.3 Å². The molecule has 1 aromatic heterocycles. The first kappa shape index (κ1) is 14.3. The molecule has 0 spiro atoms. The Morgan fingerprint density at radius 1 is 1.24 bits per heavy atom. The van der Waals surface area contributed by atoms with Crippen LogP contribution in [0, 0.1) is 0 Å². The van der Waals surface area contributed by atoms with Crippen molar-refractivity contribution in [3.05, 3.63) is 48.3 Å². The van der Waals surface area contributed by atoms with Gasteiger partial charge in [-0.15, -0.1) is 0 Å². The quantitative estimate of drug-likeness (QED) is 0.802. The zero-order valence-electron chi connectivity index (χ0n) is 11.1. The summed E-state index contributed by atoms with van der Waals surface area (Å²) in [6.07, 6.45) is 1.26. The number of carbonyl (C=O) groups is 2. The lowest BCUT2D eigenvalue weighted by Crippen LogP contribution is -2.31. The average Bonchev–Trinajstić information content (AvgIpc) is 2.47. The lowest BCUT2D eigenvalue weighted by Gasteiger charge is -2.18. The molecule has 0 radical (unpaired) electrons. The molecule has 0 aliphatic carbocycles. The summed E-state index contributed by atoms with van der Waals surface area (Å²) >= 11 is 0. The Labute approximate surface area is 120 Å². The largest absolute Gasteiger partial charge is 0.508 e. The molecule has 0 atom stereocenters. The summed E-state index contributed by atoms with van der Waals surface area (Å²) in [6, 6.07) is 8.56. The zero-order valence-corrected chi connectivity index (χ0v) is 11.1. The normalized spacial score (nSPS) is 9.95. The number of pyridine rings is 1. The standard InChI is InChI=1S/C14H13N3O4/c1-17(10-3-2-4-11(18)7-10)14(21)16-9-5-6-12(13(19)20)15-8-9/h2-8,18H,1H3,(H,16,21)(H,19,20). The van der Waals surface area contributed by atoms with Crippen molar-refractivity contribution in [2.45, 2.75) is 0 Å². The Balaban J connectivity index is 2.08. The molecule has 2 rings (SSSR count). The van der Waals surface area contributed by atoms with Gasteiger partial charge in [0.1, 0.15) is 11.4 Å². The Hall–Kier alpha value is -3.09. The van der Waals surface area contributed by atoms with E-state index in [0.29, 0.717) is 11.4 Å². The highest BCUT2D eigenvalue weighted by atomic mass is 16.4. The SMILES string of the molecule is CN(C(=O)Nc1ccc(C(=O)O)nc1)c1cccc(O)c1. The summed E-state index contributed by atoms with van der Waals surface area (Å²) in [4.78, 5) is 27.7. The van der Waals surface area contributed by atoms with Crippen LogP contribution in [-0.4, -0.2) is 34.2 Å². The molecule has 1 heterocycles. The van der Waals surface area contributed by atoms with Crippen molar-refractivity contribution >= 4 is 23.4 Å². The number of carboxylic acid groups (broad SMARTS) is 1. The van der Waals surface area contributed by atoms with Crippen LogP contribution in [-0.2, 0) is 0 Å². The van der Waals surface area contributed by atoms with E-state index in [1.54, 1.807) is 19.2 Å². The van der Waals surface area contributed by atoms with Crippen LogP contribution in [0.4, 0.5) is 16.2 Å². The molecule has 3 N–H and O–H groups in total. The number of carbonyl (C=O) groups excluding carboxylic acids is 1. The number of nitrogens with one attached hydrogen (secondary N) is 1. The summed E-state index contributed by atoms with van der Waals surface area (Å²) in [5, 5.41) is 20.7. The zero-order chi connectivity index (χ0) is 15.4. The van der Waals surface area contributed by atoms with Crippen LogP contribution < -0.4 is 10.2 Å². The fraction of sp³-hybridized carbons (Fsp3) is 0.0714. The number of benzene rings is 1. The van der Waals surface area contributed by atoms with Gasteiger partial charge in [0.25, 0.3) is 0 Å². The molecule has 0 aliphatic rings. The van der Waals surface area contributed by atoms with Crippen molar-refractivity contribution < 1.29 is 19.8 Å². The highest BCUT2D eigenvalue weighted by Gasteiger charge is 2.12. The maximum Gasteiger partial charge on any atom is 0.354 e. The molecule has 108 valence electrons. The Morgan fingerprint density at radius 2 is 2.00 bits per heavy atom. The van der Waals surface area contributed by atoms with Crippen LogP contribution >= 0.6 is 0 Å². The summed E-state index contributed by atoms with van der Waals surface area (Å²) in [5.41, 5.74) is 0.786. The fourth-order valence-electron chi connectivity index (χ4n) is 1.62. The number of anilines is 2. The third kappa shape index (κ3) is 3.47. The molecule has 0 unspecified atom stereocenters. The van der Waals surface area contributed by atoms with E-state index < -0.39 is 12.0 Å². The third-order valence-electron chi connectivity index (χ3n) is 2.76. The number of carboxylic acids is 1. The first-order valence-electron chi connectivity index (χ1n) is 6.00. The number of aromatic nitrogens is 1. The number of phenols is 1. The smallest absolute Gasteiger partial charge is 0.354 e. The van der Waals surface area contributed by atoms with Crippen molar-refractivity contribution in [2.24, 2.45) is 0 Å². The van der Waals surface area contributed by atoms with Gasteiger partial charge in [0.15, 0.2) is 0 Å². The number of amides is 2. The molecule has 2 aromatic rings. The average molecular weight is 287 g/mol. The van der Waals surface area contributed by atoms with Gasteiger partial charge in [0, 0.05) is 18.8 Å². The molecule has 0 aliphatic heterocycles. The van der Waals surface area contributed by atoms with Crippen molar-refractivity contribution in [3.63, 3.8) is 0 Å². The number of aromatic hydroxyl groups is 1. The van der Waals surface area contributed by atoms with Gasteiger partial charge in [-0.3, -0.25) is 4.90 Å². The number of aromatic carboxylic acids is 1. The molecule has 0 fully saturated rings. The lowest BCUT2D eigenvalue weighted by molar-refractivity contribution is 0.0690. The van der Waals surface area contributed by atoms with Gasteiger partial charge < -0.3 is 15.5 Å². The summed E-state index contributed by atoms with van der Waals surface area (Å²) in [7, 11) is 1.54. The van der Waals surface area contributed by atoms with Gasteiger partial charge in [-0.1, -0.05) is 6.07 Å². The Kier molecular flexibility index (Phi) is 4.03. The molecule has 21 heavy (non-hydrogen) atoms. The van der Waals surface area contributed by atoms with E-state index in [1.807, 2.05) is 0 Å². The summed E-state index contributed by atoms with van der Waals surface area (Å²) in [5.74, 6) is -1.08. The predicted octanol–water partition coefficient (Wildman–Crippen LogP) is 2.15. The van der Waals surface area contributed by atoms with E-state index in [4.69, 9.17) is 5.11 Å². The molecule has 0 bridgehead atoms. The van der Waals surface area contributed by atoms with Crippen molar-refractivity contribution in [1.29, 1.82) is 0 Å². The van der Waals surface area contributed by atoms with Crippen LogP contribution in [0.15, 0.2) is 42.6 Å². The summed E-state index contributed by atoms with van der Waals surface area (Å²) < 4.78 is 0. The number of rotatable bonds is 3. The Bertz CT molecular complexity index is 670. The maximum atomic E-state index is 12.0. The van der Waals surface area contributed by atoms with Crippen molar-refractivity contribution in [1.82, 2.24) is 4.98 Å². The third-order valence-corrected chi connectivity index (χ3v) is 2.76. The van der Waals surface area contributed by atoms with Gasteiger partial charge in [-0.25, -0.2) is 14.6 Å². The van der Waals surface area contributed by atoms with Gasteiger partial charge in [-0.2, -0.15) is 0 Å². The first-order chi connectivity index (χ1) is 9.97. The van der Waals surface area contributed by atoms with E-state index >= 15 is 0 Å². The van der Waals surface area contributed by atoms with E-state index in [0.717, 1.165) is 0 Å².